The molecule has 0 aliphatic carbocycles. The molecule has 2 aliphatic rings. The Kier molecular flexibility index (Phi) is 6.22. The zero-order valence-electron chi connectivity index (χ0n) is 18.1. The Morgan fingerprint density at radius 1 is 1.03 bits per heavy atom. The van der Waals surface area contributed by atoms with Crippen LogP contribution in [0, 0.1) is 0 Å². The summed E-state index contributed by atoms with van der Waals surface area (Å²) < 4.78 is 16.9. The number of amides is 1. The number of piperidine rings is 1. The topological polar surface area (TPSA) is 65.1 Å². The zero-order chi connectivity index (χ0) is 21.2. The van der Waals surface area contributed by atoms with Crippen LogP contribution >= 0.6 is 0 Å². The highest BCUT2D eigenvalue weighted by molar-refractivity contribution is 5.83. The molecule has 2 fully saturated rings. The molecule has 2 heterocycles. The molecule has 0 spiro atoms. The number of hydrogen-bond acceptors (Lipinski definition) is 5. The first-order valence-electron chi connectivity index (χ1n) is 10.4. The third-order valence-electron chi connectivity index (χ3n) is 5.86. The van der Waals surface area contributed by atoms with Crippen molar-refractivity contribution in [2.75, 3.05) is 13.7 Å². The lowest BCUT2D eigenvalue weighted by molar-refractivity contribution is -0.161. The molecule has 2 unspecified atom stereocenters. The molecule has 2 saturated heterocycles. The quantitative estimate of drug-likeness (QED) is 0.694. The number of rotatable bonds is 5. The second-order valence-electron chi connectivity index (χ2n) is 9.40. The fourth-order valence-electron chi connectivity index (χ4n) is 4.47. The number of nitrogens with zero attached hydrogens (tertiary/aromatic N) is 1. The van der Waals surface area contributed by atoms with Gasteiger partial charge < -0.3 is 19.1 Å². The van der Waals surface area contributed by atoms with E-state index in [-0.39, 0.29) is 36.9 Å². The average molecular weight is 404 g/mol. The monoisotopic (exact) mass is 403 g/mol. The molecule has 6 nitrogen and oxygen atoms in total. The summed E-state index contributed by atoms with van der Waals surface area (Å²) in [6.07, 6.45) is 2.69. The third-order valence-corrected chi connectivity index (χ3v) is 5.86. The van der Waals surface area contributed by atoms with E-state index in [1.165, 1.54) is 0 Å². The molecule has 0 aromatic heterocycles. The minimum atomic E-state index is -0.864. The predicted octanol–water partition coefficient (Wildman–Crippen LogP) is 4.06. The van der Waals surface area contributed by atoms with Gasteiger partial charge in [-0.3, -0.25) is 4.79 Å². The smallest absolute Gasteiger partial charge is 0.410 e. The van der Waals surface area contributed by atoms with E-state index in [4.69, 9.17) is 14.2 Å². The van der Waals surface area contributed by atoms with E-state index in [0.29, 0.717) is 12.8 Å². The second kappa shape index (κ2) is 8.34. The van der Waals surface area contributed by atoms with Gasteiger partial charge in [-0.25, -0.2) is 4.79 Å². The van der Waals surface area contributed by atoms with E-state index < -0.39 is 11.0 Å². The zero-order valence-corrected chi connectivity index (χ0v) is 18.1. The maximum absolute atomic E-state index is 13.2. The number of methoxy groups -OCH3 is 1. The first-order chi connectivity index (χ1) is 13.6. The van der Waals surface area contributed by atoms with E-state index >= 15 is 0 Å². The molecule has 0 N–H and O–H groups in total. The highest BCUT2D eigenvalue weighted by Crippen LogP contribution is 2.39. The van der Waals surface area contributed by atoms with Gasteiger partial charge >= 0.3 is 12.1 Å². The van der Waals surface area contributed by atoms with Crippen molar-refractivity contribution in [3.63, 3.8) is 0 Å². The van der Waals surface area contributed by atoms with Crippen LogP contribution in [-0.4, -0.2) is 54.5 Å². The molecular weight excluding hydrogens is 370 g/mol. The van der Waals surface area contributed by atoms with Gasteiger partial charge in [-0.15, -0.1) is 0 Å². The number of hydrogen-bond donors (Lipinski definition) is 0. The molecule has 160 valence electrons. The highest BCUT2D eigenvalue weighted by atomic mass is 16.6. The van der Waals surface area contributed by atoms with E-state index in [1.807, 2.05) is 62.9 Å². The fourth-order valence-corrected chi connectivity index (χ4v) is 4.47. The van der Waals surface area contributed by atoms with Crippen LogP contribution in [0.5, 0.6) is 0 Å². The Balaban J connectivity index is 1.68. The number of benzene rings is 1. The van der Waals surface area contributed by atoms with Gasteiger partial charge in [-0.05, 0) is 46.1 Å². The van der Waals surface area contributed by atoms with Crippen LogP contribution in [0.15, 0.2) is 30.3 Å². The van der Waals surface area contributed by atoms with Crippen molar-refractivity contribution in [2.45, 2.75) is 82.6 Å². The van der Waals surface area contributed by atoms with E-state index in [0.717, 1.165) is 18.4 Å². The Bertz CT molecular complexity index is 715. The Morgan fingerprint density at radius 3 is 2.14 bits per heavy atom. The fraction of sp³-hybridized carbons (Fsp3) is 0.652. The lowest BCUT2D eigenvalue weighted by atomic mass is 9.83. The summed E-state index contributed by atoms with van der Waals surface area (Å²) in [5.74, 6) is -0.277. The van der Waals surface area contributed by atoms with E-state index in [2.05, 4.69) is 0 Å². The van der Waals surface area contributed by atoms with Gasteiger partial charge in [0.05, 0.1) is 6.61 Å². The van der Waals surface area contributed by atoms with Crippen LogP contribution in [0.25, 0.3) is 0 Å². The van der Waals surface area contributed by atoms with Gasteiger partial charge in [0.15, 0.2) is 0 Å². The lowest BCUT2D eigenvalue weighted by Crippen LogP contribution is -2.51. The SMILES string of the molecule is COCC(C)(C(=O)OC1C[C@H]2CC[C@@H](C1)N2C(=O)OC(C)(C)C)c1ccccc1. The van der Waals surface area contributed by atoms with Crippen molar-refractivity contribution >= 4 is 12.1 Å². The number of carbonyl (C=O) groups excluding carboxylic acids is 2. The van der Waals surface area contributed by atoms with Crippen molar-refractivity contribution in [1.82, 2.24) is 4.90 Å². The summed E-state index contributed by atoms with van der Waals surface area (Å²) in [6.45, 7) is 7.74. The molecule has 29 heavy (non-hydrogen) atoms. The van der Waals surface area contributed by atoms with Crippen LogP contribution in [0.3, 0.4) is 0 Å². The summed E-state index contributed by atoms with van der Waals surface area (Å²) in [5.41, 5.74) is -0.504. The molecule has 0 radical (unpaired) electrons. The molecule has 2 aliphatic heterocycles. The van der Waals surface area contributed by atoms with Crippen molar-refractivity contribution in [1.29, 1.82) is 0 Å². The minimum Gasteiger partial charge on any atom is -0.461 e. The number of fused-ring (bicyclic) bond motifs is 2. The average Bonchev–Trinajstić information content (AvgIpc) is 2.92. The highest BCUT2D eigenvalue weighted by Gasteiger charge is 2.47. The molecule has 2 bridgehead atoms. The summed E-state index contributed by atoms with van der Waals surface area (Å²) in [7, 11) is 1.59. The number of carbonyl (C=O) groups is 2. The first kappa shape index (κ1) is 21.6. The predicted molar refractivity (Wildman–Crippen MR) is 110 cm³/mol. The minimum absolute atomic E-state index is 0.0619. The normalized spacial score (nSPS) is 26.0. The maximum Gasteiger partial charge on any atom is 0.410 e. The standard InChI is InChI=1S/C23H33NO5/c1-22(2,3)29-21(26)24-17-11-12-18(24)14-19(13-17)28-20(25)23(4,15-27-5)16-9-7-6-8-10-16/h6-10,17-19H,11-15H2,1-5H3/t17-,18+,19?,23?. The van der Waals surface area contributed by atoms with Gasteiger partial charge in [-0.1, -0.05) is 30.3 Å². The molecular formula is C23H33NO5. The van der Waals surface area contributed by atoms with Crippen LogP contribution in [-0.2, 0) is 24.4 Å². The van der Waals surface area contributed by atoms with E-state index in [1.54, 1.807) is 7.11 Å². The molecule has 6 heteroatoms. The number of esters is 1. The third kappa shape index (κ3) is 4.74. The number of ether oxygens (including phenoxy) is 3. The second-order valence-corrected chi connectivity index (χ2v) is 9.40. The van der Waals surface area contributed by atoms with Crippen LogP contribution in [0.2, 0.25) is 0 Å². The molecule has 4 atom stereocenters. The molecule has 1 aromatic rings. The molecule has 1 aromatic carbocycles. The molecule has 0 saturated carbocycles. The van der Waals surface area contributed by atoms with Gasteiger partial charge in [0.2, 0.25) is 0 Å². The summed E-state index contributed by atoms with van der Waals surface area (Å²) in [6, 6.07) is 9.72. The van der Waals surface area contributed by atoms with Crippen molar-refractivity contribution in [3.05, 3.63) is 35.9 Å². The van der Waals surface area contributed by atoms with Crippen LogP contribution < -0.4 is 0 Å². The first-order valence-corrected chi connectivity index (χ1v) is 10.4. The van der Waals surface area contributed by atoms with Gasteiger partial charge in [0.25, 0.3) is 0 Å². The maximum atomic E-state index is 13.2. The largest absolute Gasteiger partial charge is 0.461 e. The Labute approximate surface area is 173 Å². The van der Waals surface area contributed by atoms with Crippen molar-refractivity contribution in [2.24, 2.45) is 0 Å². The summed E-state index contributed by atoms with van der Waals surface area (Å²) >= 11 is 0. The lowest BCUT2D eigenvalue weighted by Gasteiger charge is -2.40. The van der Waals surface area contributed by atoms with Crippen molar-refractivity contribution < 1.29 is 23.8 Å². The molecule has 3 rings (SSSR count). The van der Waals surface area contributed by atoms with E-state index in [9.17, 15) is 9.59 Å². The molecule has 1 amide bonds. The van der Waals surface area contributed by atoms with Crippen molar-refractivity contribution in [3.8, 4) is 0 Å². The van der Waals surface area contributed by atoms with Gasteiger partial charge in [-0.2, -0.15) is 0 Å². The Hall–Kier alpha value is -2.08. The Morgan fingerprint density at radius 2 is 1.62 bits per heavy atom. The van der Waals surface area contributed by atoms with Gasteiger partial charge in [0.1, 0.15) is 17.1 Å². The van der Waals surface area contributed by atoms with Gasteiger partial charge in [0, 0.05) is 32.0 Å². The summed E-state index contributed by atoms with van der Waals surface area (Å²) in [4.78, 5) is 27.6. The van der Waals surface area contributed by atoms with Crippen LogP contribution in [0.1, 0.15) is 58.9 Å². The summed E-state index contributed by atoms with van der Waals surface area (Å²) in [5, 5.41) is 0. The van der Waals surface area contributed by atoms with Crippen LogP contribution in [0.4, 0.5) is 4.79 Å².